The van der Waals surface area contributed by atoms with Crippen LogP contribution in [-0.4, -0.2) is 48.9 Å². The number of carbonyl (C=O) groups excluding carboxylic acids is 1. The van der Waals surface area contributed by atoms with Crippen molar-refractivity contribution in [2.24, 2.45) is 5.92 Å². The van der Waals surface area contributed by atoms with Crippen molar-refractivity contribution in [3.63, 3.8) is 0 Å². The number of nitrogens with zero attached hydrogens (tertiary/aromatic N) is 2. The number of esters is 1. The Bertz CT molecular complexity index is 503. The Balaban J connectivity index is 2.04. The fraction of sp³-hybridized carbons (Fsp3) is 0.600. The molecule has 1 aliphatic rings. The van der Waals surface area contributed by atoms with E-state index in [0.29, 0.717) is 25.9 Å². The quantitative estimate of drug-likeness (QED) is 0.781. The number of H-pyrrole nitrogens is 1. The van der Waals surface area contributed by atoms with Gasteiger partial charge in [-0.15, -0.1) is 0 Å². The topological polar surface area (TPSA) is 92.4 Å². The standard InChI is InChI=1S/C10H15N3O4S/c1-17-10(14)8-2-4-13(5-3-8)18(15,16)9-6-11-7-12-9/h6-8H,2-5H2,1H3,(H,11,12). The van der Waals surface area contributed by atoms with Gasteiger partial charge in [0.05, 0.1) is 25.6 Å². The molecule has 1 aromatic heterocycles. The van der Waals surface area contributed by atoms with E-state index in [9.17, 15) is 13.2 Å². The van der Waals surface area contributed by atoms with Gasteiger partial charge in [-0.3, -0.25) is 4.79 Å². The van der Waals surface area contributed by atoms with E-state index in [2.05, 4.69) is 14.7 Å². The summed E-state index contributed by atoms with van der Waals surface area (Å²) < 4.78 is 30.3. The molecule has 2 rings (SSSR count). The molecule has 1 N–H and O–H groups in total. The van der Waals surface area contributed by atoms with Crippen molar-refractivity contribution in [2.75, 3.05) is 20.2 Å². The zero-order valence-electron chi connectivity index (χ0n) is 10.00. The van der Waals surface area contributed by atoms with Gasteiger partial charge in [0, 0.05) is 13.1 Å². The second kappa shape index (κ2) is 5.07. The summed E-state index contributed by atoms with van der Waals surface area (Å²) in [6.07, 6.45) is 3.58. The third-order valence-corrected chi connectivity index (χ3v) is 4.90. The van der Waals surface area contributed by atoms with Crippen LogP contribution in [0.15, 0.2) is 17.6 Å². The predicted molar refractivity (Wildman–Crippen MR) is 62.1 cm³/mol. The minimum Gasteiger partial charge on any atom is -0.469 e. The number of imidazole rings is 1. The van der Waals surface area contributed by atoms with Crippen LogP contribution in [0.3, 0.4) is 0 Å². The van der Waals surface area contributed by atoms with E-state index in [1.54, 1.807) is 0 Å². The zero-order chi connectivity index (χ0) is 13.2. The highest BCUT2D eigenvalue weighted by molar-refractivity contribution is 7.89. The monoisotopic (exact) mass is 273 g/mol. The minimum atomic E-state index is -3.51. The van der Waals surface area contributed by atoms with E-state index in [0.717, 1.165) is 0 Å². The van der Waals surface area contributed by atoms with Gasteiger partial charge in [0.2, 0.25) is 0 Å². The molecule has 1 aromatic rings. The molecule has 0 atom stereocenters. The number of nitrogens with one attached hydrogen (secondary N) is 1. The summed E-state index contributed by atoms with van der Waals surface area (Å²) >= 11 is 0. The number of rotatable bonds is 3. The number of carbonyl (C=O) groups is 1. The number of hydrogen-bond acceptors (Lipinski definition) is 5. The number of hydrogen-bond donors (Lipinski definition) is 1. The van der Waals surface area contributed by atoms with Crippen molar-refractivity contribution in [3.8, 4) is 0 Å². The molecule has 100 valence electrons. The molecular formula is C10H15N3O4S. The summed E-state index contributed by atoms with van der Waals surface area (Å²) in [5.74, 6) is -0.475. The lowest BCUT2D eigenvalue weighted by molar-refractivity contribution is -0.146. The van der Waals surface area contributed by atoms with E-state index in [-0.39, 0.29) is 16.9 Å². The van der Waals surface area contributed by atoms with Crippen LogP contribution in [0.25, 0.3) is 0 Å². The van der Waals surface area contributed by atoms with E-state index >= 15 is 0 Å². The molecule has 0 radical (unpaired) electrons. The molecule has 1 fully saturated rings. The molecule has 7 nitrogen and oxygen atoms in total. The number of sulfonamides is 1. The maximum absolute atomic E-state index is 12.1. The van der Waals surface area contributed by atoms with Crippen LogP contribution in [0, 0.1) is 5.92 Å². The molecule has 0 amide bonds. The number of ether oxygens (including phenoxy) is 1. The Morgan fingerprint density at radius 3 is 2.67 bits per heavy atom. The maximum Gasteiger partial charge on any atom is 0.308 e. The molecular weight excluding hydrogens is 258 g/mol. The fourth-order valence-corrected chi connectivity index (χ4v) is 3.39. The van der Waals surface area contributed by atoms with E-state index < -0.39 is 10.0 Å². The van der Waals surface area contributed by atoms with Crippen LogP contribution >= 0.6 is 0 Å². The van der Waals surface area contributed by atoms with Crippen molar-refractivity contribution in [1.82, 2.24) is 14.3 Å². The van der Waals surface area contributed by atoms with E-state index in [4.69, 9.17) is 0 Å². The van der Waals surface area contributed by atoms with Gasteiger partial charge in [0.15, 0.2) is 5.03 Å². The van der Waals surface area contributed by atoms with E-state index in [1.807, 2.05) is 0 Å². The van der Waals surface area contributed by atoms with Gasteiger partial charge in [-0.25, -0.2) is 13.4 Å². The molecule has 0 spiro atoms. The van der Waals surface area contributed by atoms with Crippen molar-refractivity contribution in [1.29, 1.82) is 0 Å². The van der Waals surface area contributed by atoms with Gasteiger partial charge in [-0.1, -0.05) is 0 Å². The predicted octanol–water partition coefficient (Wildman–Crippen LogP) is -0.0166. The lowest BCUT2D eigenvalue weighted by Crippen LogP contribution is -2.40. The molecule has 2 heterocycles. The molecule has 1 aliphatic heterocycles. The van der Waals surface area contributed by atoms with Crippen LogP contribution < -0.4 is 0 Å². The lowest BCUT2D eigenvalue weighted by Gasteiger charge is -2.29. The summed E-state index contributed by atoms with van der Waals surface area (Å²) in [7, 11) is -2.17. The van der Waals surface area contributed by atoms with Gasteiger partial charge in [-0.2, -0.15) is 4.31 Å². The Labute approximate surface area is 105 Å². The Hall–Kier alpha value is -1.41. The molecule has 1 saturated heterocycles. The summed E-state index contributed by atoms with van der Waals surface area (Å²) in [5.41, 5.74) is 0. The van der Waals surface area contributed by atoms with Gasteiger partial charge in [0.1, 0.15) is 0 Å². The van der Waals surface area contributed by atoms with Gasteiger partial charge < -0.3 is 9.72 Å². The minimum absolute atomic E-state index is 0.0824. The van der Waals surface area contributed by atoms with Crippen LogP contribution in [-0.2, 0) is 19.6 Å². The van der Waals surface area contributed by atoms with Gasteiger partial charge in [-0.05, 0) is 12.8 Å². The van der Waals surface area contributed by atoms with Crippen LogP contribution in [0.5, 0.6) is 0 Å². The second-order valence-electron chi connectivity index (χ2n) is 4.12. The Morgan fingerprint density at radius 1 is 1.50 bits per heavy atom. The third-order valence-electron chi connectivity index (χ3n) is 3.08. The first-order chi connectivity index (χ1) is 8.55. The fourth-order valence-electron chi connectivity index (χ4n) is 2.02. The first-order valence-corrected chi connectivity index (χ1v) is 7.06. The zero-order valence-corrected chi connectivity index (χ0v) is 10.8. The van der Waals surface area contributed by atoms with Crippen LogP contribution in [0.2, 0.25) is 0 Å². The Kier molecular flexibility index (Phi) is 3.67. The molecule has 8 heteroatoms. The molecule has 0 aliphatic carbocycles. The molecule has 0 unspecified atom stereocenters. The van der Waals surface area contributed by atoms with Gasteiger partial charge >= 0.3 is 5.97 Å². The number of aromatic nitrogens is 2. The average Bonchev–Trinajstić information content (AvgIpc) is 2.92. The highest BCUT2D eigenvalue weighted by atomic mass is 32.2. The van der Waals surface area contributed by atoms with Crippen LogP contribution in [0.1, 0.15) is 12.8 Å². The summed E-state index contributed by atoms with van der Waals surface area (Å²) in [6.45, 7) is 0.641. The lowest BCUT2D eigenvalue weighted by atomic mass is 9.99. The normalized spacial score (nSPS) is 18.7. The largest absolute Gasteiger partial charge is 0.469 e. The summed E-state index contributed by atoms with van der Waals surface area (Å²) in [6, 6.07) is 0. The van der Waals surface area contributed by atoms with Crippen molar-refractivity contribution in [2.45, 2.75) is 17.9 Å². The second-order valence-corrected chi connectivity index (χ2v) is 6.02. The maximum atomic E-state index is 12.1. The first-order valence-electron chi connectivity index (χ1n) is 5.62. The van der Waals surface area contributed by atoms with E-state index in [1.165, 1.54) is 23.9 Å². The summed E-state index contributed by atoms with van der Waals surface area (Å²) in [4.78, 5) is 17.6. The van der Waals surface area contributed by atoms with Crippen molar-refractivity contribution in [3.05, 3.63) is 12.5 Å². The molecule has 0 bridgehead atoms. The number of methoxy groups -OCH3 is 1. The molecule has 0 saturated carbocycles. The highest BCUT2D eigenvalue weighted by Gasteiger charge is 2.33. The average molecular weight is 273 g/mol. The number of piperidine rings is 1. The number of aromatic amines is 1. The van der Waals surface area contributed by atoms with Gasteiger partial charge in [0.25, 0.3) is 10.0 Å². The molecule has 18 heavy (non-hydrogen) atoms. The third kappa shape index (κ3) is 2.39. The van der Waals surface area contributed by atoms with Crippen molar-refractivity contribution >= 4 is 16.0 Å². The first kappa shape index (κ1) is 13.0. The summed E-state index contributed by atoms with van der Waals surface area (Å²) in [5, 5.41) is 0.0824. The molecule has 0 aromatic carbocycles. The Morgan fingerprint density at radius 2 is 2.17 bits per heavy atom. The van der Waals surface area contributed by atoms with Crippen molar-refractivity contribution < 1.29 is 17.9 Å². The smallest absolute Gasteiger partial charge is 0.308 e. The SMILES string of the molecule is COC(=O)C1CCN(S(=O)(=O)c2cnc[nH]2)CC1. The highest BCUT2D eigenvalue weighted by Crippen LogP contribution is 2.23. The van der Waals surface area contributed by atoms with Crippen LogP contribution in [0.4, 0.5) is 0 Å².